The number of methoxy groups -OCH3 is 1. The second kappa shape index (κ2) is 9.60. The topological polar surface area (TPSA) is 83.0 Å². The number of aliphatic imine (C=N–C) groups is 1. The van der Waals surface area contributed by atoms with Gasteiger partial charge in [0.1, 0.15) is 5.75 Å². The molecule has 0 saturated carbocycles. The van der Waals surface area contributed by atoms with Crippen molar-refractivity contribution in [1.29, 1.82) is 0 Å². The van der Waals surface area contributed by atoms with Crippen molar-refractivity contribution in [3.05, 3.63) is 29.8 Å². The molecular formula is C20H32N4O3S. The van der Waals surface area contributed by atoms with Gasteiger partial charge in [0.15, 0.2) is 15.8 Å². The van der Waals surface area contributed by atoms with E-state index < -0.39 is 9.84 Å². The molecule has 0 amide bonds. The maximum atomic E-state index is 11.6. The Bertz CT molecular complexity index is 775. The SMILES string of the molecule is CN=C(NCC1CCS(=O)(=O)C1)NCC(c1ccccc1OC)N1CCCC1. The van der Waals surface area contributed by atoms with E-state index in [0.717, 1.165) is 25.3 Å². The summed E-state index contributed by atoms with van der Waals surface area (Å²) in [6.45, 7) is 3.50. The van der Waals surface area contributed by atoms with Crippen LogP contribution in [0.4, 0.5) is 0 Å². The molecule has 3 rings (SSSR count). The normalized spacial score (nSPS) is 23.5. The van der Waals surface area contributed by atoms with Crippen molar-refractivity contribution < 1.29 is 13.2 Å². The number of rotatable bonds is 7. The average molecular weight is 409 g/mol. The fourth-order valence-electron chi connectivity index (χ4n) is 4.12. The van der Waals surface area contributed by atoms with Gasteiger partial charge in [-0.25, -0.2) is 8.42 Å². The molecule has 0 aromatic heterocycles. The first kappa shape index (κ1) is 20.9. The number of hydrogen-bond acceptors (Lipinski definition) is 5. The Labute approximate surface area is 168 Å². The molecule has 2 saturated heterocycles. The van der Waals surface area contributed by atoms with Crippen LogP contribution in [0.2, 0.25) is 0 Å². The molecule has 156 valence electrons. The second-order valence-corrected chi connectivity index (χ2v) is 9.83. The van der Waals surface area contributed by atoms with E-state index in [1.54, 1.807) is 14.2 Å². The lowest BCUT2D eigenvalue weighted by atomic mass is 10.0. The molecule has 2 N–H and O–H groups in total. The first-order chi connectivity index (χ1) is 13.5. The van der Waals surface area contributed by atoms with Gasteiger partial charge in [0.05, 0.1) is 24.7 Å². The standard InChI is InChI=1S/C20H32N4O3S/c1-21-20(22-13-16-9-12-28(25,26)15-16)23-14-18(24-10-5-6-11-24)17-7-3-4-8-19(17)27-2/h3-4,7-8,16,18H,5-6,9-15H2,1-2H3,(H2,21,22,23). The summed E-state index contributed by atoms with van der Waals surface area (Å²) in [6, 6.07) is 8.38. The molecule has 2 atom stereocenters. The molecule has 1 aromatic carbocycles. The Balaban J connectivity index is 1.62. The zero-order valence-electron chi connectivity index (χ0n) is 16.9. The summed E-state index contributed by atoms with van der Waals surface area (Å²) in [5, 5.41) is 6.73. The number of guanidine groups is 1. The fraction of sp³-hybridized carbons (Fsp3) is 0.650. The largest absolute Gasteiger partial charge is 0.496 e. The molecule has 1 aromatic rings. The Morgan fingerprint density at radius 1 is 1.29 bits per heavy atom. The highest BCUT2D eigenvalue weighted by Crippen LogP contribution is 2.31. The van der Waals surface area contributed by atoms with Crippen LogP contribution in [0, 0.1) is 5.92 Å². The molecular weight excluding hydrogens is 376 g/mol. The number of para-hydroxylation sites is 1. The molecule has 0 radical (unpaired) electrons. The van der Waals surface area contributed by atoms with Gasteiger partial charge in [0, 0.05) is 25.7 Å². The van der Waals surface area contributed by atoms with Gasteiger partial charge in [0.2, 0.25) is 0 Å². The number of nitrogens with zero attached hydrogens (tertiary/aromatic N) is 2. The van der Waals surface area contributed by atoms with Crippen molar-refractivity contribution in [1.82, 2.24) is 15.5 Å². The summed E-state index contributed by atoms with van der Waals surface area (Å²) in [5.74, 6) is 2.35. The average Bonchev–Trinajstić information content (AvgIpc) is 3.34. The van der Waals surface area contributed by atoms with Gasteiger partial charge in [0.25, 0.3) is 0 Å². The highest BCUT2D eigenvalue weighted by atomic mass is 32.2. The minimum Gasteiger partial charge on any atom is -0.496 e. The van der Waals surface area contributed by atoms with E-state index in [1.807, 2.05) is 12.1 Å². The maximum absolute atomic E-state index is 11.6. The molecule has 2 aliphatic rings. The Morgan fingerprint density at radius 2 is 2.04 bits per heavy atom. The predicted molar refractivity (Wildman–Crippen MR) is 113 cm³/mol. The van der Waals surface area contributed by atoms with Crippen LogP contribution in [0.3, 0.4) is 0 Å². The van der Waals surface area contributed by atoms with E-state index in [-0.39, 0.29) is 17.7 Å². The second-order valence-electron chi connectivity index (χ2n) is 7.60. The van der Waals surface area contributed by atoms with E-state index in [1.165, 1.54) is 18.4 Å². The first-order valence-electron chi connectivity index (χ1n) is 10.0. The molecule has 2 heterocycles. The van der Waals surface area contributed by atoms with Gasteiger partial charge in [-0.15, -0.1) is 0 Å². The van der Waals surface area contributed by atoms with Gasteiger partial charge in [-0.05, 0) is 44.3 Å². The van der Waals surface area contributed by atoms with Gasteiger partial charge in [-0.2, -0.15) is 0 Å². The minimum absolute atomic E-state index is 0.159. The van der Waals surface area contributed by atoms with E-state index in [4.69, 9.17) is 4.74 Å². The van der Waals surface area contributed by atoms with Gasteiger partial charge in [-0.3, -0.25) is 9.89 Å². The fourth-order valence-corrected chi connectivity index (χ4v) is 5.98. The lowest BCUT2D eigenvalue weighted by Crippen LogP contribution is -2.44. The zero-order chi connectivity index (χ0) is 20.0. The van der Waals surface area contributed by atoms with Crippen molar-refractivity contribution in [2.45, 2.75) is 25.3 Å². The smallest absolute Gasteiger partial charge is 0.191 e. The summed E-state index contributed by atoms with van der Waals surface area (Å²) in [4.78, 5) is 6.80. The van der Waals surface area contributed by atoms with Gasteiger partial charge >= 0.3 is 0 Å². The number of sulfone groups is 1. The van der Waals surface area contributed by atoms with Crippen LogP contribution in [0.15, 0.2) is 29.3 Å². The number of nitrogens with one attached hydrogen (secondary N) is 2. The quantitative estimate of drug-likeness (QED) is 0.525. The summed E-state index contributed by atoms with van der Waals surface area (Å²) < 4.78 is 28.9. The highest BCUT2D eigenvalue weighted by Gasteiger charge is 2.28. The Kier molecular flexibility index (Phi) is 7.18. The van der Waals surface area contributed by atoms with Crippen molar-refractivity contribution >= 4 is 15.8 Å². The molecule has 0 bridgehead atoms. The molecule has 28 heavy (non-hydrogen) atoms. The zero-order valence-corrected chi connectivity index (χ0v) is 17.7. The highest BCUT2D eigenvalue weighted by molar-refractivity contribution is 7.91. The van der Waals surface area contributed by atoms with Crippen LogP contribution < -0.4 is 15.4 Å². The van der Waals surface area contributed by atoms with E-state index >= 15 is 0 Å². The van der Waals surface area contributed by atoms with Crippen LogP contribution in [-0.2, 0) is 9.84 Å². The lowest BCUT2D eigenvalue weighted by molar-refractivity contribution is 0.239. The number of likely N-dealkylation sites (tertiary alicyclic amines) is 1. The number of benzene rings is 1. The molecule has 0 spiro atoms. The molecule has 2 fully saturated rings. The minimum atomic E-state index is -2.85. The summed E-state index contributed by atoms with van der Waals surface area (Å²) in [7, 11) is 0.605. The van der Waals surface area contributed by atoms with E-state index in [2.05, 4.69) is 32.7 Å². The first-order valence-corrected chi connectivity index (χ1v) is 11.9. The predicted octanol–water partition coefficient (Wildman–Crippen LogP) is 1.43. The summed E-state index contributed by atoms with van der Waals surface area (Å²) >= 11 is 0. The van der Waals surface area contributed by atoms with Crippen LogP contribution in [0.1, 0.15) is 30.9 Å². The molecule has 2 unspecified atom stereocenters. The third kappa shape index (κ3) is 5.38. The summed E-state index contributed by atoms with van der Waals surface area (Å²) in [5.41, 5.74) is 1.18. The Morgan fingerprint density at radius 3 is 2.68 bits per heavy atom. The van der Waals surface area contributed by atoms with E-state index in [9.17, 15) is 8.42 Å². The molecule has 8 heteroatoms. The van der Waals surface area contributed by atoms with Crippen LogP contribution >= 0.6 is 0 Å². The van der Waals surface area contributed by atoms with Crippen molar-refractivity contribution in [2.24, 2.45) is 10.9 Å². The van der Waals surface area contributed by atoms with Crippen molar-refractivity contribution in [3.8, 4) is 5.75 Å². The monoisotopic (exact) mass is 408 g/mol. The maximum Gasteiger partial charge on any atom is 0.191 e. The van der Waals surface area contributed by atoms with E-state index in [0.29, 0.717) is 24.8 Å². The molecule has 7 nitrogen and oxygen atoms in total. The van der Waals surface area contributed by atoms with Crippen LogP contribution in [0.5, 0.6) is 5.75 Å². The van der Waals surface area contributed by atoms with Crippen LogP contribution in [-0.4, -0.2) is 71.1 Å². The van der Waals surface area contributed by atoms with Gasteiger partial charge < -0.3 is 15.4 Å². The van der Waals surface area contributed by atoms with Gasteiger partial charge in [-0.1, -0.05) is 18.2 Å². The Hall–Kier alpha value is -1.80. The summed E-state index contributed by atoms with van der Waals surface area (Å²) in [6.07, 6.45) is 3.16. The lowest BCUT2D eigenvalue weighted by Gasteiger charge is -2.30. The number of ether oxygens (including phenoxy) is 1. The van der Waals surface area contributed by atoms with Crippen molar-refractivity contribution in [3.63, 3.8) is 0 Å². The number of hydrogen-bond donors (Lipinski definition) is 2. The third-order valence-corrected chi connectivity index (χ3v) is 7.49. The molecule has 2 aliphatic heterocycles. The molecule has 0 aliphatic carbocycles. The van der Waals surface area contributed by atoms with Crippen LogP contribution in [0.25, 0.3) is 0 Å². The third-order valence-electron chi connectivity index (χ3n) is 5.65. The van der Waals surface area contributed by atoms with Crippen molar-refractivity contribution in [2.75, 3.05) is 51.8 Å².